The van der Waals surface area contributed by atoms with E-state index in [0.29, 0.717) is 12.3 Å². The second-order valence-corrected chi connectivity index (χ2v) is 10.8. The Morgan fingerprint density at radius 3 is 2.31 bits per heavy atom. The minimum atomic E-state index is -3.98. The lowest BCUT2D eigenvalue weighted by Crippen LogP contribution is -2.39. The third kappa shape index (κ3) is 7.60. The molecule has 7 nitrogen and oxygen atoms in total. The van der Waals surface area contributed by atoms with Gasteiger partial charge in [0, 0.05) is 4.90 Å². The van der Waals surface area contributed by atoms with E-state index in [-0.39, 0.29) is 4.90 Å². The van der Waals surface area contributed by atoms with Crippen molar-refractivity contribution >= 4 is 39.6 Å². The molecule has 0 aromatic heterocycles. The fourth-order valence-electron chi connectivity index (χ4n) is 3.23. The largest absolute Gasteiger partial charge is 0.494 e. The normalized spacial score (nSPS) is 11.4. The van der Waals surface area contributed by atoms with Gasteiger partial charge in [-0.3, -0.25) is 9.10 Å². The zero-order valence-electron chi connectivity index (χ0n) is 20.7. The van der Waals surface area contributed by atoms with Gasteiger partial charge >= 0.3 is 0 Å². The molecule has 3 aromatic rings. The van der Waals surface area contributed by atoms with Gasteiger partial charge in [-0.1, -0.05) is 31.0 Å². The Labute approximate surface area is 217 Å². The molecule has 36 heavy (non-hydrogen) atoms. The Hall–Kier alpha value is -3.30. The molecule has 0 saturated carbocycles. The Balaban J connectivity index is 1.72. The molecule has 0 saturated heterocycles. The van der Waals surface area contributed by atoms with Gasteiger partial charge < -0.3 is 4.74 Å². The molecule has 0 aliphatic rings. The summed E-state index contributed by atoms with van der Waals surface area (Å²) < 4.78 is 33.7. The molecular weight excluding hydrogens is 494 g/mol. The van der Waals surface area contributed by atoms with Crippen molar-refractivity contribution in [2.24, 2.45) is 5.10 Å². The summed E-state index contributed by atoms with van der Waals surface area (Å²) in [5.41, 5.74) is 4.58. The van der Waals surface area contributed by atoms with Crippen LogP contribution in [0.5, 0.6) is 5.75 Å². The first-order valence-corrected chi connectivity index (χ1v) is 14.3. The lowest BCUT2D eigenvalue weighted by Gasteiger charge is -2.24. The van der Waals surface area contributed by atoms with Gasteiger partial charge in [0.25, 0.3) is 15.9 Å². The van der Waals surface area contributed by atoms with E-state index in [2.05, 4.69) is 17.5 Å². The molecule has 0 fully saturated rings. The van der Waals surface area contributed by atoms with Crippen molar-refractivity contribution in [3.05, 3.63) is 83.9 Å². The van der Waals surface area contributed by atoms with Crippen LogP contribution in [-0.4, -0.2) is 39.9 Å². The number of ether oxygens (including phenoxy) is 1. The number of nitrogens with zero attached hydrogens (tertiary/aromatic N) is 2. The third-order valence-electron chi connectivity index (χ3n) is 5.31. The summed E-state index contributed by atoms with van der Waals surface area (Å²) >= 11 is 1.52. The van der Waals surface area contributed by atoms with Crippen molar-refractivity contribution < 1.29 is 17.9 Å². The summed E-state index contributed by atoms with van der Waals surface area (Å²) in [7, 11) is -3.98. The highest BCUT2D eigenvalue weighted by molar-refractivity contribution is 7.98. The van der Waals surface area contributed by atoms with Crippen molar-refractivity contribution in [3.8, 4) is 5.75 Å². The van der Waals surface area contributed by atoms with Crippen molar-refractivity contribution in [3.63, 3.8) is 0 Å². The fraction of sp³-hybridized carbons (Fsp3) is 0.259. The maximum Gasteiger partial charge on any atom is 0.264 e. The van der Waals surface area contributed by atoms with E-state index in [1.807, 2.05) is 37.4 Å². The fourth-order valence-corrected chi connectivity index (χ4v) is 5.06. The highest BCUT2D eigenvalue weighted by Crippen LogP contribution is 2.25. The minimum absolute atomic E-state index is 0.110. The van der Waals surface area contributed by atoms with Crippen LogP contribution in [0.3, 0.4) is 0 Å². The van der Waals surface area contributed by atoms with Gasteiger partial charge in [-0.05, 0) is 85.8 Å². The highest BCUT2D eigenvalue weighted by Gasteiger charge is 2.27. The van der Waals surface area contributed by atoms with Crippen LogP contribution in [-0.2, 0) is 14.8 Å². The van der Waals surface area contributed by atoms with Crippen LogP contribution in [0.15, 0.2) is 87.7 Å². The molecule has 0 radical (unpaired) electrons. The number of carbonyl (C=O) groups excluding carboxylic acids is 1. The van der Waals surface area contributed by atoms with Crippen LogP contribution in [0, 0.1) is 6.92 Å². The average molecular weight is 526 g/mol. The number of nitrogens with one attached hydrogen (secondary N) is 1. The number of hydrogen-bond donors (Lipinski definition) is 1. The number of benzene rings is 3. The van der Waals surface area contributed by atoms with Crippen molar-refractivity contribution in [2.75, 3.05) is 23.7 Å². The maximum atomic E-state index is 13.5. The zero-order valence-corrected chi connectivity index (χ0v) is 22.3. The molecule has 0 bridgehead atoms. The molecule has 0 heterocycles. The second-order valence-electron chi connectivity index (χ2n) is 8.09. The minimum Gasteiger partial charge on any atom is -0.494 e. The molecule has 0 aliphatic heterocycles. The number of carbonyl (C=O) groups is 1. The van der Waals surface area contributed by atoms with E-state index in [9.17, 15) is 13.2 Å². The molecule has 9 heteroatoms. The number of hydrazone groups is 1. The van der Waals surface area contributed by atoms with Gasteiger partial charge in [-0.25, -0.2) is 13.8 Å². The summed E-state index contributed by atoms with van der Waals surface area (Å²) in [4.78, 5) is 13.8. The Bertz CT molecular complexity index is 1260. The quantitative estimate of drug-likeness (QED) is 0.151. The van der Waals surface area contributed by atoms with Crippen LogP contribution < -0.4 is 14.5 Å². The molecule has 0 unspecified atom stereocenters. The molecule has 0 aliphatic carbocycles. The van der Waals surface area contributed by atoms with E-state index < -0.39 is 22.5 Å². The molecule has 190 valence electrons. The number of thioether (sulfide) groups is 1. The molecule has 1 N–H and O–H groups in total. The van der Waals surface area contributed by atoms with E-state index in [4.69, 9.17) is 4.74 Å². The first kappa shape index (κ1) is 27.3. The number of anilines is 1. The topological polar surface area (TPSA) is 88.1 Å². The Morgan fingerprint density at radius 1 is 1.03 bits per heavy atom. The van der Waals surface area contributed by atoms with Crippen LogP contribution in [0.1, 0.15) is 30.9 Å². The lowest BCUT2D eigenvalue weighted by atomic mass is 10.2. The smallest absolute Gasteiger partial charge is 0.264 e. The first-order valence-electron chi connectivity index (χ1n) is 11.6. The molecule has 0 spiro atoms. The highest BCUT2D eigenvalue weighted by atomic mass is 32.2. The summed E-state index contributed by atoms with van der Waals surface area (Å²) in [6.07, 6.45) is 5.48. The number of sulfonamides is 1. The van der Waals surface area contributed by atoms with Gasteiger partial charge in [-0.2, -0.15) is 5.10 Å². The van der Waals surface area contributed by atoms with Crippen LogP contribution >= 0.6 is 11.8 Å². The number of aryl methyl sites for hydroxylation is 1. The van der Waals surface area contributed by atoms with Crippen LogP contribution in [0.25, 0.3) is 0 Å². The molecule has 0 atom stereocenters. The zero-order chi connectivity index (χ0) is 26.0. The van der Waals surface area contributed by atoms with E-state index in [1.165, 1.54) is 18.0 Å². The Kier molecular flexibility index (Phi) is 9.95. The van der Waals surface area contributed by atoms with Crippen LogP contribution in [0.4, 0.5) is 5.69 Å². The Morgan fingerprint density at radius 2 is 1.69 bits per heavy atom. The third-order valence-corrected chi connectivity index (χ3v) is 7.84. The average Bonchev–Trinajstić information content (AvgIpc) is 2.89. The van der Waals surface area contributed by atoms with Crippen molar-refractivity contribution in [1.82, 2.24) is 5.43 Å². The van der Waals surface area contributed by atoms with Crippen molar-refractivity contribution in [1.29, 1.82) is 0 Å². The number of hydrogen-bond acceptors (Lipinski definition) is 6. The van der Waals surface area contributed by atoms with Crippen LogP contribution in [0.2, 0.25) is 0 Å². The summed E-state index contributed by atoms with van der Waals surface area (Å²) in [6.45, 7) is 4.27. The van der Waals surface area contributed by atoms with Crippen molar-refractivity contribution in [2.45, 2.75) is 36.5 Å². The van der Waals surface area contributed by atoms with E-state index in [0.717, 1.165) is 38.9 Å². The van der Waals surface area contributed by atoms with Gasteiger partial charge in [0.2, 0.25) is 0 Å². The van der Waals surface area contributed by atoms with Gasteiger partial charge in [-0.15, -0.1) is 11.8 Å². The molecule has 3 aromatic carbocycles. The first-order chi connectivity index (χ1) is 17.3. The predicted octanol–water partition coefficient (Wildman–Crippen LogP) is 5.24. The lowest BCUT2D eigenvalue weighted by molar-refractivity contribution is -0.119. The summed E-state index contributed by atoms with van der Waals surface area (Å²) in [6, 6.07) is 20.9. The molecular formula is C27H31N3O4S2. The number of amides is 1. The SMILES string of the molecule is CCCCOc1ccc(/C=N\NC(=O)CN(c2ccc(C)cc2)S(=O)(=O)c2ccc(SC)cc2)cc1. The summed E-state index contributed by atoms with van der Waals surface area (Å²) in [5.74, 6) is 0.213. The second kappa shape index (κ2) is 13.1. The van der Waals surface area contributed by atoms with E-state index >= 15 is 0 Å². The number of rotatable bonds is 12. The standard InChI is InChI=1S/C27H31N3O4S2/c1-4-5-18-34-24-12-8-22(9-13-24)19-28-29-27(31)20-30(23-10-6-21(2)7-11-23)36(32,33)26-16-14-25(35-3)15-17-26/h6-17,19H,4-5,18,20H2,1-3H3,(H,29,31)/b28-19-. The molecule has 3 rings (SSSR count). The summed E-state index contributed by atoms with van der Waals surface area (Å²) in [5, 5.41) is 4.00. The van der Waals surface area contributed by atoms with Gasteiger partial charge in [0.1, 0.15) is 12.3 Å². The van der Waals surface area contributed by atoms with E-state index in [1.54, 1.807) is 48.5 Å². The predicted molar refractivity (Wildman–Crippen MR) is 147 cm³/mol. The van der Waals surface area contributed by atoms with Gasteiger partial charge in [0.05, 0.1) is 23.4 Å². The van der Waals surface area contributed by atoms with Gasteiger partial charge in [0.15, 0.2) is 0 Å². The number of unbranched alkanes of at least 4 members (excludes halogenated alkanes) is 1. The monoisotopic (exact) mass is 525 g/mol. The molecule has 1 amide bonds. The maximum absolute atomic E-state index is 13.5.